The number of ether oxygens (including phenoxy) is 1. The van der Waals surface area contributed by atoms with Crippen LogP contribution in [0, 0.1) is 0 Å². The number of nitrogens with two attached hydrogens (primary N) is 2. The largest absolute Gasteiger partial charge is 0.573 e. The number of carboxylic acids is 1. The van der Waals surface area contributed by atoms with E-state index in [9.17, 15) is 18.0 Å². The zero-order valence-corrected chi connectivity index (χ0v) is 8.99. The van der Waals surface area contributed by atoms with Gasteiger partial charge in [0.15, 0.2) is 5.75 Å². The van der Waals surface area contributed by atoms with Crippen LogP contribution in [0.5, 0.6) is 5.75 Å². The maximum absolute atomic E-state index is 12.1. The van der Waals surface area contributed by atoms with Gasteiger partial charge in [-0.05, 0) is 0 Å². The smallest absolute Gasteiger partial charge is 0.481 e. The van der Waals surface area contributed by atoms with Crippen LogP contribution in [0.4, 0.5) is 18.9 Å². The molecule has 0 unspecified atom stereocenters. The molecule has 9 heteroatoms. The summed E-state index contributed by atoms with van der Waals surface area (Å²) in [5.74, 6) is -1.94. The molecule has 0 aromatic carbocycles. The highest BCUT2D eigenvalue weighted by atomic mass is 19.4. The van der Waals surface area contributed by atoms with Gasteiger partial charge in [-0.2, -0.15) is 0 Å². The molecule has 0 aliphatic rings. The van der Waals surface area contributed by atoms with Crippen LogP contribution in [0.3, 0.4) is 0 Å². The molecule has 0 bridgehead atoms. The van der Waals surface area contributed by atoms with Crippen molar-refractivity contribution in [2.75, 3.05) is 5.73 Å². The number of aromatic nitrogens is 1. The summed E-state index contributed by atoms with van der Waals surface area (Å²) in [5, 5.41) is 8.56. The Hall–Kier alpha value is -2.03. The third-order valence-corrected chi connectivity index (χ3v) is 1.90. The van der Waals surface area contributed by atoms with Gasteiger partial charge in [0, 0.05) is 12.6 Å². The van der Waals surface area contributed by atoms with E-state index in [2.05, 4.69) is 9.72 Å². The maximum Gasteiger partial charge on any atom is 0.573 e. The number of carbonyl (C=O) groups is 1. The van der Waals surface area contributed by atoms with Crippen molar-refractivity contribution in [3.05, 3.63) is 17.5 Å². The van der Waals surface area contributed by atoms with Gasteiger partial charge in [-0.15, -0.1) is 13.2 Å². The van der Waals surface area contributed by atoms with Crippen molar-refractivity contribution in [2.24, 2.45) is 5.73 Å². The first-order chi connectivity index (χ1) is 8.23. The van der Waals surface area contributed by atoms with Crippen LogP contribution in [0.2, 0.25) is 0 Å². The van der Waals surface area contributed by atoms with E-state index in [1.54, 1.807) is 0 Å². The molecule has 1 heterocycles. The van der Waals surface area contributed by atoms with Gasteiger partial charge in [0.05, 0.1) is 23.5 Å². The molecule has 1 aromatic rings. The van der Waals surface area contributed by atoms with E-state index in [4.69, 9.17) is 16.6 Å². The van der Waals surface area contributed by atoms with Crippen LogP contribution in [0.25, 0.3) is 0 Å². The number of halogens is 3. The molecule has 0 spiro atoms. The van der Waals surface area contributed by atoms with Gasteiger partial charge >= 0.3 is 12.3 Å². The fraction of sp³-hybridized carbons (Fsp3) is 0.333. The Labute approximate surface area is 99.4 Å². The molecule has 0 amide bonds. The Kier molecular flexibility index (Phi) is 3.96. The van der Waals surface area contributed by atoms with Crippen molar-refractivity contribution < 1.29 is 27.8 Å². The Morgan fingerprint density at radius 2 is 2.11 bits per heavy atom. The summed E-state index contributed by atoms with van der Waals surface area (Å²) in [7, 11) is 0. The van der Waals surface area contributed by atoms with Crippen molar-refractivity contribution in [3.8, 4) is 5.75 Å². The maximum atomic E-state index is 12.1. The van der Waals surface area contributed by atoms with Gasteiger partial charge in [0.1, 0.15) is 0 Å². The fourth-order valence-corrected chi connectivity index (χ4v) is 1.25. The molecule has 0 radical (unpaired) electrons. The molecule has 18 heavy (non-hydrogen) atoms. The van der Waals surface area contributed by atoms with Crippen LogP contribution in [0.15, 0.2) is 6.07 Å². The summed E-state index contributed by atoms with van der Waals surface area (Å²) in [5.41, 5.74) is 10.1. The average Bonchev–Trinajstić information content (AvgIpc) is 2.19. The standard InChI is InChI=1S/C9H10F3N3O3/c10-9(11,12)18-6-1-4(2-7(16)17)15-5(3-13)8(6)14/h1H,2-3,13-14H2,(H,16,17). The van der Waals surface area contributed by atoms with Crippen LogP contribution in [0.1, 0.15) is 11.4 Å². The predicted octanol–water partition coefficient (Wildman–Crippen LogP) is 0.648. The van der Waals surface area contributed by atoms with Crippen molar-refractivity contribution in [3.63, 3.8) is 0 Å². The normalized spacial score (nSPS) is 11.3. The second kappa shape index (κ2) is 5.08. The zero-order valence-electron chi connectivity index (χ0n) is 8.99. The summed E-state index contributed by atoms with van der Waals surface area (Å²) < 4.78 is 40.0. The molecule has 0 aliphatic heterocycles. The zero-order chi connectivity index (χ0) is 13.9. The second-order valence-electron chi connectivity index (χ2n) is 3.29. The summed E-state index contributed by atoms with van der Waals surface area (Å²) in [6, 6.07) is 0.829. The number of anilines is 1. The highest BCUT2D eigenvalue weighted by Crippen LogP contribution is 2.30. The van der Waals surface area contributed by atoms with E-state index < -0.39 is 24.5 Å². The number of alkyl halides is 3. The lowest BCUT2D eigenvalue weighted by molar-refractivity contribution is -0.274. The second-order valence-corrected chi connectivity index (χ2v) is 3.29. The van der Waals surface area contributed by atoms with Gasteiger partial charge < -0.3 is 21.3 Å². The van der Waals surface area contributed by atoms with Crippen LogP contribution < -0.4 is 16.2 Å². The first-order valence-electron chi connectivity index (χ1n) is 4.69. The molecule has 100 valence electrons. The summed E-state index contributed by atoms with van der Waals surface area (Å²) in [6.07, 6.45) is -5.48. The average molecular weight is 265 g/mol. The molecule has 0 aliphatic carbocycles. The Balaban J connectivity index is 3.18. The summed E-state index contributed by atoms with van der Waals surface area (Å²) >= 11 is 0. The molecule has 6 nitrogen and oxygen atoms in total. The minimum Gasteiger partial charge on any atom is -0.481 e. The monoisotopic (exact) mass is 265 g/mol. The van der Waals surface area contributed by atoms with E-state index in [0.717, 1.165) is 6.07 Å². The van der Waals surface area contributed by atoms with Crippen molar-refractivity contribution in [1.29, 1.82) is 0 Å². The van der Waals surface area contributed by atoms with E-state index >= 15 is 0 Å². The Morgan fingerprint density at radius 1 is 1.50 bits per heavy atom. The molecule has 5 N–H and O–H groups in total. The Bertz CT molecular complexity index is 462. The fourth-order valence-electron chi connectivity index (χ4n) is 1.25. The van der Waals surface area contributed by atoms with Crippen LogP contribution in [-0.4, -0.2) is 22.4 Å². The minimum absolute atomic E-state index is 0.0481. The third kappa shape index (κ3) is 3.77. The molecular weight excluding hydrogens is 255 g/mol. The highest BCUT2D eigenvalue weighted by molar-refractivity contribution is 5.70. The number of pyridine rings is 1. The van der Waals surface area contributed by atoms with Gasteiger partial charge in [0.2, 0.25) is 0 Å². The number of nitrogen functional groups attached to an aromatic ring is 1. The lowest BCUT2D eigenvalue weighted by Crippen LogP contribution is -2.20. The quantitative estimate of drug-likeness (QED) is 0.736. The molecule has 0 saturated carbocycles. The van der Waals surface area contributed by atoms with E-state index in [0.29, 0.717) is 0 Å². The van der Waals surface area contributed by atoms with Gasteiger partial charge in [-0.1, -0.05) is 0 Å². The minimum atomic E-state index is -4.93. The van der Waals surface area contributed by atoms with E-state index in [1.807, 2.05) is 0 Å². The summed E-state index contributed by atoms with van der Waals surface area (Å²) in [4.78, 5) is 14.2. The van der Waals surface area contributed by atoms with Gasteiger partial charge in [-0.25, -0.2) is 0 Å². The topological polar surface area (TPSA) is 111 Å². The molecule has 0 saturated heterocycles. The molecule has 1 aromatic heterocycles. The SMILES string of the molecule is NCc1nc(CC(=O)O)cc(OC(F)(F)F)c1N. The van der Waals surface area contributed by atoms with Crippen molar-refractivity contribution in [2.45, 2.75) is 19.3 Å². The number of aliphatic carboxylic acids is 1. The van der Waals surface area contributed by atoms with Crippen molar-refractivity contribution in [1.82, 2.24) is 4.98 Å². The van der Waals surface area contributed by atoms with Crippen LogP contribution >= 0.6 is 0 Å². The van der Waals surface area contributed by atoms with Gasteiger partial charge in [0.25, 0.3) is 0 Å². The first-order valence-corrected chi connectivity index (χ1v) is 4.69. The predicted molar refractivity (Wildman–Crippen MR) is 54.6 cm³/mol. The Morgan fingerprint density at radius 3 is 2.56 bits per heavy atom. The van der Waals surface area contributed by atoms with Gasteiger partial charge in [-0.3, -0.25) is 9.78 Å². The number of nitrogens with zero attached hydrogens (tertiary/aromatic N) is 1. The van der Waals surface area contributed by atoms with E-state index in [-0.39, 0.29) is 23.6 Å². The summed E-state index contributed by atoms with van der Waals surface area (Å²) in [6.45, 7) is -0.229. The molecule has 0 atom stereocenters. The number of hydrogen-bond acceptors (Lipinski definition) is 5. The molecule has 0 fully saturated rings. The number of carboxylic acid groups (broad SMARTS) is 1. The first kappa shape index (κ1) is 14.0. The third-order valence-electron chi connectivity index (χ3n) is 1.90. The number of hydrogen-bond donors (Lipinski definition) is 3. The highest BCUT2D eigenvalue weighted by Gasteiger charge is 2.32. The van der Waals surface area contributed by atoms with Crippen LogP contribution in [-0.2, 0) is 17.8 Å². The van der Waals surface area contributed by atoms with Crippen molar-refractivity contribution >= 4 is 11.7 Å². The van der Waals surface area contributed by atoms with E-state index in [1.165, 1.54) is 0 Å². The lowest BCUT2D eigenvalue weighted by Gasteiger charge is -2.14. The lowest BCUT2D eigenvalue weighted by atomic mass is 10.2. The molecule has 1 rings (SSSR count). The molecular formula is C9H10F3N3O3. The number of rotatable bonds is 4.